The number of non-ortho nitro benzene ring substituents is 1. The van der Waals surface area contributed by atoms with Gasteiger partial charge in [0.05, 0.1) is 17.7 Å². The number of methoxy groups -OCH3 is 1. The summed E-state index contributed by atoms with van der Waals surface area (Å²) in [6.45, 7) is 0. The van der Waals surface area contributed by atoms with Crippen molar-refractivity contribution in [3.05, 3.63) is 80.1 Å². The van der Waals surface area contributed by atoms with Crippen molar-refractivity contribution < 1.29 is 9.66 Å². The Morgan fingerprint density at radius 2 is 2.03 bits per heavy atom. The van der Waals surface area contributed by atoms with Crippen molar-refractivity contribution in [1.82, 2.24) is 30.4 Å². The second-order valence-electron chi connectivity index (χ2n) is 6.75. The molecule has 12 heteroatoms. The van der Waals surface area contributed by atoms with Crippen molar-refractivity contribution in [2.75, 3.05) is 12.4 Å². The van der Waals surface area contributed by atoms with Gasteiger partial charge in [-0.2, -0.15) is 9.78 Å². The van der Waals surface area contributed by atoms with Crippen LogP contribution in [0.5, 0.6) is 5.75 Å². The average Bonchev–Trinajstić information content (AvgIpc) is 3.26. The van der Waals surface area contributed by atoms with E-state index >= 15 is 0 Å². The van der Waals surface area contributed by atoms with Crippen LogP contribution in [0.2, 0.25) is 0 Å². The predicted molar refractivity (Wildman–Crippen MR) is 108 cm³/mol. The molecule has 1 aliphatic heterocycles. The Morgan fingerprint density at radius 1 is 1.19 bits per heavy atom. The third-order valence-corrected chi connectivity index (χ3v) is 5.01. The molecule has 154 valence electrons. The van der Waals surface area contributed by atoms with Gasteiger partial charge in [-0.3, -0.25) is 14.9 Å². The van der Waals surface area contributed by atoms with Gasteiger partial charge in [-0.25, -0.2) is 5.10 Å². The second-order valence-corrected chi connectivity index (χ2v) is 6.75. The molecule has 31 heavy (non-hydrogen) atoms. The number of ether oxygens (including phenoxy) is 1. The lowest BCUT2D eigenvalue weighted by atomic mass is 9.92. The molecule has 0 spiro atoms. The number of tetrazole rings is 1. The molecular formula is C19H14N8O4. The zero-order valence-electron chi connectivity index (χ0n) is 16.0. The summed E-state index contributed by atoms with van der Waals surface area (Å²) in [6, 6.07) is 12.7. The number of nitrogens with one attached hydrogen (secondary N) is 2. The molecule has 3 heterocycles. The van der Waals surface area contributed by atoms with Gasteiger partial charge in [-0.15, -0.1) is 0 Å². The molecule has 0 saturated heterocycles. The van der Waals surface area contributed by atoms with E-state index in [2.05, 4.69) is 31.0 Å². The van der Waals surface area contributed by atoms with E-state index in [-0.39, 0.29) is 17.3 Å². The molecule has 2 aromatic carbocycles. The highest BCUT2D eigenvalue weighted by Crippen LogP contribution is 2.41. The predicted octanol–water partition coefficient (Wildman–Crippen LogP) is 2.03. The van der Waals surface area contributed by atoms with E-state index < -0.39 is 16.5 Å². The SMILES string of the molecule is COc1cccc([C@H]2c3c(-c4cccc([N+](=O)[O-])c4)n[nH]c(=O)c3Nc3nnnn32)c1. The van der Waals surface area contributed by atoms with Gasteiger partial charge in [0, 0.05) is 23.3 Å². The lowest BCUT2D eigenvalue weighted by Gasteiger charge is -2.28. The molecule has 1 aliphatic rings. The number of benzene rings is 2. The molecule has 0 unspecified atom stereocenters. The van der Waals surface area contributed by atoms with Crippen molar-refractivity contribution in [1.29, 1.82) is 0 Å². The number of nitro benzene ring substituents is 1. The van der Waals surface area contributed by atoms with Crippen LogP contribution in [0.15, 0.2) is 53.3 Å². The molecule has 0 fully saturated rings. The summed E-state index contributed by atoms with van der Waals surface area (Å²) in [5.41, 5.74) is 1.71. The number of hydrogen-bond acceptors (Lipinski definition) is 9. The highest BCUT2D eigenvalue weighted by molar-refractivity contribution is 5.76. The Bertz CT molecular complexity index is 1380. The van der Waals surface area contributed by atoms with Gasteiger partial charge in [0.1, 0.15) is 17.5 Å². The quantitative estimate of drug-likeness (QED) is 0.329. The van der Waals surface area contributed by atoms with Gasteiger partial charge in [-0.1, -0.05) is 29.4 Å². The van der Waals surface area contributed by atoms with Crippen LogP contribution < -0.4 is 15.6 Å². The topological polar surface area (TPSA) is 154 Å². The first-order valence-electron chi connectivity index (χ1n) is 9.13. The highest BCUT2D eigenvalue weighted by atomic mass is 16.6. The second kappa shape index (κ2) is 7.02. The fraction of sp³-hybridized carbons (Fsp3) is 0.105. The van der Waals surface area contributed by atoms with Crippen LogP contribution in [-0.4, -0.2) is 42.4 Å². The molecule has 0 amide bonds. The maximum Gasteiger partial charge on any atom is 0.288 e. The molecule has 0 radical (unpaired) electrons. The lowest BCUT2D eigenvalue weighted by molar-refractivity contribution is -0.384. The summed E-state index contributed by atoms with van der Waals surface area (Å²) in [4.78, 5) is 23.5. The summed E-state index contributed by atoms with van der Waals surface area (Å²) in [5.74, 6) is 0.893. The van der Waals surface area contributed by atoms with Crippen LogP contribution in [-0.2, 0) is 0 Å². The number of aromatic nitrogens is 6. The third-order valence-electron chi connectivity index (χ3n) is 5.01. The molecule has 12 nitrogen and oxygen atoms in total. The van der Waals surface area contributed by atoms with Gasteiger partial charge in [-0.05, 0) is 28.1 Å². The molecule has 4 aromatic rings. The number of nitro groups is 1. The van der Waals surface area contributed by atoms with Gasteiger partial charge < -0.3 is 10.1 Å². The fourth-order valence-electron chi connectivity index (χ4n) is 3.64. The van der Waals surface area contributed by atoms with Crippen LogP contribution in [0.3, 0.4) is 0 Å². The van der Waals surface area contributed by atoms with Crippen LogP contribution in [0.1, 0.15) is 17.2 Å². The van der Waals surface area contributed by atoms with Crippen LogP contribution in [0.25, 0.3) is 11.3 Å². The van der Waals surface area contributed by atoms with Crippen molar-refractivity contribution in [3.8, 4) is 17.0 Å². The lowest BCUT2D eigenvalue weighted by Crippen LogP contribution is -2.29. The number of H-pyrrole nitrogens is 1. The molecule has 5 rings (SSSR count). The molecule has 2 aromatic heterocycles. The Hall–Kier alpha value is -4.61. The Morgan fingerprint density at radius 3 is 2.84 bits per heavy atom. The maximum atomic E-state index is 12.7. The van der Waals surface area contributed by atoms with Crippen LogP contribution in [0.4, 0.5) is 17.3 Å². The van der Waals surface area contributed by atoms with E-state index in [0.717, 1.165) is 5.56 Å². The third kappa shape index (κ3) is 2.97. The summed E-state index contributed by atoms with van der Waals surface area (Å²) in [7, 11) is 1.55. The van der Waals surface area contributed by atoms with Gasteiger partial charge >= 0.3 is 0 Å². The van der Waals surface area contributed by atoms with Gasteiger partial charge in [0.25, 0.3) is 11.2 Å². The molecule has 0 bridgehead atoms. The van der Waals surface area contributed by atoms with Gasteiger partial charge in [0.15, 0.2) is 0 Å². The standard InChI is InChI=1S/C19H14N8O4/c1-31-13-7-3-5-11(9-13)17-14-15(10-4-2-6-12(8-10)27(29)30)21-22-18(28)16(14)20-19-23-24-25-26(17)19/h2-9,17H,1H3,(H,22,28)(H,20,23,25)/t17-/m0/s1. The molecule has 0 saturated carbocycles. The summed E-state index contributed by atoms with van der Waals surface area (Å²) in [5, 5.41) is 32.7. The number of nitrogens with zero attached hydrogens (tertiary/aromatic N) is 6. The zero-order valence-corrected chi connectivity index (χ0v) is 16.0. The van der Waals surface area contributed by atoms with Crippen molar-refractivity contribution >= 4 is 17.3 Å². The molecule has 1 atom stereocenters. The fourth-order valence-corrected chi connectivity index (χ4v) is 3.64. The van der Waals surface area contributed by atoms with E-state index in [1.165, 1.54) is 16.8 Å². The summed E-state index contributed by atoms with van der Waals surface area (Å²) < 4.78 is 6.88. The molecule has 0 aliphatic carbocycles. The van der Waals surface area contributed by atoms with Crippen LogP contribution in [0, 0.1) is 10.1 Å². The first-order chi connectivity index (χ1) is 15.1. The summed E-state index contributed by atoms with van der Waals surface area (Å²) in [6.07, 6.45) is 0. The largest absolute Gasteiger partial charge is 0.497 e. The normalized spacial score (nSPS) is 14.3. The minimum Gasteiger partial charge on any atom is -0.497 e. The highest BCUT2D eigenvalue weighted by Gasteiger charge is 2.34. The molecule has 2 N–H and O–H groups in total. The first kappa shape index (κ1) is 18.4. The number of anilines is 2. The minimum atomic E-state index is -0.625. The van der Waals surface area contributed by atoms with Crippen molar-refractivity contribution in [2.45, 2.75) is 6.04 Å². The number of hydrogen-bond donors (Lipinski definition) is 2. The van der Waals surface area contributed by atoms with E-state index in [4.69, 9.17) is 4.74 Å². The molecular weight excluding hydrogens is 404 g/mol. The van der Waals surface area contributed by atoms with E-state index in [0.29, 0.717) is 22.6 Å². The summed E-state index contributed by atoms with van der Waals surface area (Å²) >= 11 is 0. The Kier molecular flexibility index (Phi) is 4.17. The number of aromatic amines is 1. The Balaban J connectivity index is 1.80. The minimum absolute atomic E-state index is 0.0935. The van der Waals surface area contributed by atoms with Gasteiger partial charge in [0.2, 0.25) is 5.95 Å². The van der Waals surface area contributed by atoms with Crippen molar-refractivity contribution in [3.63, 3.8) is 0 Å². The van der Waals surface area contributed by atoms with E-state index in [1.807, 2.05) is 18.2 Å². The Labute approximate surface area is 173 Å². The number of rotatable bonds is 4. The average molecular weight is 418 g/mol. The van der Waals surface area contributed by atoms with Crippen LogP contribution >= 0.6 is 0 Å². The smallest absolute Gasteiger partial charge is 0.288 e. The van der Waals surface area contributed by atoms with E-state index in [1.54, 1.807) is 25.3 Å². The number of fused-ring (bicyclic) bond motifs is 2. The maximum absolute atomic E-state index is 12.7. The van der Waals surface area contributed by atoms with E-state index in [9.17, 15) is 14.9 Å². The monoisotopic (exact) mass is 418 g/mol. The first-order valence-corrected chi connectivity index (χ1v) is 9.13. The van der Waals surface area contributed by atoms with Crippen molar-refractivity contribution in [2.24, 2.45) is 0 Å². The zero-order chi connectivity index (χ0) is 21.5.